The van der Waals surface area contributed by atoms with E-state index in [0.29, 0.717) is 10.5 Å². The quantitative estimate of drug-likeness (QED) is 0.880. The van der Waals surface area contributed by atoms with Gasteiger partial charge in [0.25, 0.3) is 0 Å². The third kappa shape index (κ3) is 3.48. The Labute approximate surface area is 141 Å². The molecule has 1 aromatic heterocycles. The Hall–Kier alpha value is -1.03. The molecule has 2 atom stereocenters. The molecule has 0 bridgehead atoms. The molecular weight excluding hydrogens is 312 g/mol. The molecule has 3 rings (SSSR count). The smallest absolute Gasteiger partial charge is 0.0560 e. The van der Waals surface area contributed by atoms with Gasteiger partial charge in [-0.3, -0.25) is 4.98 Å². The Kier molecular flexibility index (Phi) is 5.07. The maximum Gasteiger partial charge on any atom is 0.0560 e. The normalized spacial score (nSPS) is 19.3. The number of nitrogens with zero attached hydrogens (tertiary/aromatic N) is 1. The summed E-state index contributed by atoms with van der Waals surface area (Å²) in [7, 11) is 0. The Bertz CT molecular complexity index is 659. The Balaban J connectivity index is 1.85. The van der Waals surface area contributed by atoms with E-state index < -0.39 is 0 Å². The molecule has 2 heterocycles. The monoisotopic (exact) mass is 332 g/mol. The number of benzene rings is 1. The lowest BCUT2D eigenvalue weighted by atomic mass is 10.0. The van der Waals surface area contributed by atoms with Gasteiger partial charge < -0.3 is 5.32 Å². The molecule has 0 aliphatic carbocycles. The molecule has 1 aliphatic heterocycles. The zero-order chi connectivity index (χ0) is 15.5. The van der Waals surface area contributed by atoms with E-state index in [-0.39, 0.29) is 0 Å². The first-order valence-electron chi connectivity index (χ1n) is 7.71. The molecule has 1 aliphatic rings. The number of hydrogen-bond acceptors (Lipinski definition) is 3. The number of hydrogen-bond donors (Lipinski definition) is 1. The number of fused-ring (bicyclic) bond motifs is 1. The highest BCUT2D eigenvalue weighted by Gasteiger charge is 2.23. The topological polar surface area (TPSA) is 24.9 Å². The lowest BCUT2D eigenvalue weighted by molar-refractivity contribution is 0.702. The summed E-state index contributed by atoms with van der Waals surface area (Å²) in [5, 5.41) is 5.19. The van der Waals surface area contributed by atoms with E-state index in [1.165, 1.54) is 22.4 Å². The highest BCUT2D eigenvalue weighted by Crippen LogP contribution is 2.42. The lowest BCUT2D eigenvalue weighted by Gasteiger charge is -2.22. The Morgan fingerprint density at radius 2 is 2.23 bits per heavy atom. The molecule has 2 unspecified atom stereocenters. The van der Waals surface area contributed by atoms with Gasteiger partial charge in [-0.15, -0.1) is 11.8 Å². The van der Waals surface area contributed by atoms with Crippen LogP contribution >= 0.6 is 23.4 Å². The van der Waals surface area contributed by atoms with Crippen LogP contribution in [0.15, 0.2) is 36.5 Å². The van der Waals surface area contributed by atoms with Gasteiger partial charge >= 0.3 is 0 Å². The third-order valence-corrected chi connectivity index (χ3v) is 5.77. The number of halogens is 1. The van der Waals surface area contributed by atoms with Crippen LogP contribution in [0.5, 0.6) is 0 Å². The molecule has 116 valence electrons. The van der Waals surface area contributed by atoms with Crippen molar-refractivity contribution in [2.75, 3.05) is 13.1 Å². The van der Waals surface area contributed by atoms with Crippen LogP contribution in [0, 0.1) is 6.92 Å². The van der Waals surface area contributed by atoms with Gasteiger partial charge in [0, 0.05) is 28.3 Å². The maximum absolute atomic E-state index is 6.16. The van der Waals surface area contributed by atoms with E-state index in [4.69, 9.17) is 11.6 Å². The van der Waals surface area contributed by atoms with Crippen molar-refractivity contribution < 1.29 is 0 Å². The van der Waals surface area contributed by atoms with Crippen molar-refractivity contribution in [3.63, 3.8) is 0 Å². The lowest BCUT2D eigenvalue weighted by Crippen LogP contribution is -2.19. The fraction of sp³-hybridized carbons (Fsp3) is 0.389. The average molecular weight is 333 g/mol. The van der Waals surface area contributed by atoms with E-state index in [2.05, 4.69) is 42.3 Å². The van der Waals surface area contributed by atoms with Gasteiger partial charge in [0.1, 0.15) is 0 Å². The summed E-state index contributed by atoms with van der Waals surface area (Å²) in [5.74, 6) is 0. The zero-order valence-corrected chi connectivity index (χ0v) is 14.5. The van der Waals surface area contributed by atoms with Crippen LogP contribution in [-0.4, -0.2) is 18.1 Å². The summed E-state index contributed by atoms with van der Waals surface area (Å²) in [4.78, 5) is 4.57. The molecule has 1 N–H and O–H groups in total. The van der Waals surface area contributed by atoms with Gasteiger partial charge in [0.2, 0.25) is 0 Å². The van der Waals surface area contributed by atoms with Crippen LogP contribution in [0.2, 0.25) is 5.02 Å². The first-order chi connectivity index (χ1) is 10.6. The number of pyridine rings is 1. The Morgan fingerprint density at radius 3 is 3.05 bits per heavy atom. The maximum atomic E-state index is 6.16. The van der Waals surface area contributed by atoms with Crippen molar-refractivity contribution in [3.05, 3.63) is 63.9 Å². The van der Waals surface area contributed by atoms with E-state index in [9.17, 15) is 0 Å². The summed E-state index contributed by atoms with van der Waals surface area (Å²) < 4.78 is 0. The van der Waals surface area contributed by atoms with Gasteiger partial charge in [0.15, 0.2) is 0 Å². The first kappa shape index (κ1) is 15.9. The van der Waals surface area contributed by atoms with Crippen molar-refractivity contribution in [2.45, 2.75) is 30.8 Å². The molecule has 2 nitrogen and oxygen atoms in total. The van der Waals surface area contributed by atoms with E-state index in [0.717, 1.165) is 24.5 Å². The van der Waals surface area contributed by atoms with Crippen molar-refractivity contribution >= 4 is 23.4 Å². The van der Waals surface area contributed by atoms with Gasteiger partial charge in [0.05, 0.1) is 5.69 Å². The van der Waals surface area contributed by atoms with Crippen molar-refractivity contribution in [3.8, 4) is 0 Å². The Morgan fingerprint density at radius 1 is 1.36 bits per heavy atom. The second kappa shape index (κ2) is 7.03. The van der Waals surface area contributed by atoms with Gasteiger partial charge in [-0.25, -0.2) is 0 Å². The second-order valence-electron chi connectivity index (χ2n) is 5.77. The number of thioether (sulfide) groups is 1. The summed E-state index contributed by atoms with van der Waals surface area (Å²) in [6.45, 7) is 6.40. The minimum absolute atomic E-state index is 0.370. The molecule has 0 amide bonds. The standard InChI is InChI=1S/C18H21ClN2S/c1-12-4-3-8-21-18(12)13(2)22-17-11-20-9-7-14-10-15(19)5-6-16(14)17/h3-6,8,10,13,17,20H,7,9,11H2,1-2H3. The van der Waals surface area contributed by atoms with Gasteiger partial charge in [-0.1, -0.05) is 23.7 Å². The second-order valence-corrected chi connectivity index (χ2v) is 7.75. The molecule has 2 aromatic rings. The third-order valence-electron chi connectivity index (χ3n) is 4.16. The molecular formula is C18H21ClN2S. The van der Waals surface area contributed by atoms with E-state index in [1.54, 1.807) is 0 Å². The SMILES string of the molecule is Cc1cccnc1C(C)SC1CNCCc2cc(Cl)ccc21. The average Bonchev–Trinajstić information content (AvgIpc) is 2.69. The number of aromatic nitrogens is 1. The number of nitrogens with one attached hydrogen (secondary N) is 1. The molecule has 0 fully saturated rings. The van der Waals surface area contributed by atoms with Gasteiger partial charge in [-0.05, 0) is 61.7 Å². The summed E-state index contributed by atoms with van der Waals surface area (Å²) in [6.07, 6.45) is 2.93. The van der Waals surface area contributed by atoms with Crippen LogP contribution in [-0.2, 0) is 6.42 Å². The molecule has 0 radical (unpaired) electrons. The highest BCUT2D eigenvalue weighted by molar-refractivity contribution is 7.99. The van der Waals surface area contributed by atoms with Crippen LogP contribution in [0.4, 0.5) is 0 Å². The largest absolute Gasteiger partial charge is 0.315 e. The predicted octanol–water partition coefficient (Wildman–Crippen LogP) is 4.72. The number of rotatable bonds is 3. The number of aryl methyl sites for hydroxylation is 1. The fourth-order valence-electron chi connectivity index (χ4n) is 3.03. The molecule has 4 heteroatoms. The molecule has 22 heavy (non-hydrogen) atoms. The summed E-state index contributed by atoms with van der Waals surface area (Å²) in [5.41, 5.74) is 5.24. The fourth-order valence-corrected chi connectivity index (χ4v) is 4.68. The molecule has 0 saturated carbocycles. The summed E-state index contributed by atoms with van der Waals surface area (Å²) in [6, 6.07) is 10.5. The van der Waals surface area contributed by atoms with E-state index in [1.807, 2.05) is 30.1 Å². The van der Waals surface area contributed by atoms with E-state index >= 15 is 0 Å². The van der Waals surface area contributed by atoms with Crippen LogP contribution in [0.1, 0.15) is 39.8 Å². The van der Waals surface area contributed by atoms with Crippen LogP contribution in [0.25, 0.3) is 0 Å². The van der Waals surface area contributed by atoms with Crippen molar-refractivity contribution in [1.82, 2.24) is 10.3 Å². The minimum Gasteiger partial charge on any atom is -0.315 e. The van der Waals surface area contributed by atoms with Crippen molar-refractivity contribution in [1.29, 1.82) is 0 Å². The predicted molar refractivity (Wildman–Crippen MR) is 95.7 cm³/mol. The molecule has 0 spiro atoms. The van der Waals surface area contributed by atoms with Crippen LogP contribution in [0.3, 0.4) is 0 Å². The zero-order valence-electron chi connectivity index (χ0n) is 13.0. The summed E-state index contributed by atoms with van der Waals surface area (Å²) >= 11 is 8.14. The van der Waals surface area contributed by atoms with Gasteiger partial charge in [-0.2, -0.15) is 0 Å². The molecule has 0 saturated heterocycles. The van der Waals surface area contributed by atoms with Crippen LogP contribution < -0.4 is 5.32 Å². The molecule has 1 aromatic carbocycles. The minimum atomic E-state index is 0.370. The highest BCUT2D eigenvalue weighted by atomic mass is 35.5. The van der Waals surface area contributed by atoms with Crippen molar-refractivity contribution in [2.24, 2.45) is 0 Å². The first-order valence-corrected chi connectivity index (χ1v) is 9.03.